The summed E-state index contributed by atoms with van der Waals surface area (Å²) in [7, 11) is 0. The molecule has 2 aromatic heterocycles. The van der Waals surface area contributed by atoms with E-state index in [0.29, 0.717) is 0 Å². The lowest BCUT2D eigenvalue weighted by molar-refractivity contribution is 0.439. The summed E-state index contributed by atoms with van der Waals surface area (Å²) in [6, 6.07) is 59.1. The second-order valence-electron chi connectivity index (χ2n) is 13.5. The van der Waals surface area contributed by atoms with Crippen molar-refractivity contribution in [1.82, 2.24) is 9.55 Å². The Hall–Kier alpha value is -6.71. The number of nitrogens with zero attached hydrogens (tertiary/aromatic N) is 2. The van der Waals surface area contributed by atoms with E-state index >= 15 is 0 Å². The van der Waals surface area contributed by atoms with Crippen LogP contribution in [0.4, 0.5) is 0 Å². The highest BCUT2D eigenvalue weighted by molar-refractivity contribution is 6.09. The number of benzene rings is 7. The Bertz CT molecular complexity index is 2900. The van der Waals surface area contributed by atoms with Gasteiger partial charge < -0.3 is 4.74 Å². The summed E-state index contributed by atoms with van der Waals surface area (Å²) in [6.07, 6.45) is 6.44. The molecule has 3 heterocycles. The van der Waals surface area contributed by atoms with E-state index in [1.165, 1.54) is 33.2 Å². The average Bonchev–Trinajstić information content (AvgIpc) is 3.45. The fourth-order valence-electron chi connectivity index (χ4n) is 8.73. The molecule has 0 saturated carbocycles. The number of hydrogen-bond donors (Lipinski definition) is 0. The maximum atomic E-state index is 6.90. The van der Waals surface area contributed by atoms with Crippen LogP contribution in [0.25, 0.3) is 61.7 Å². The molecule has 0 radical (unpaired) electrons. The quantitative estimate of drug-likeness (QED) is 0.186. The predicted octanol–water partition coefficient (Wildman–Crippen LogP) is 12.0. The first-order valence-electron chi connectivity index (χ1n) is 17.5. The molecule has 1 unspecified atom stereocenters. The van der Waals surface area contributed by atoms with Crippen LogP contribution in [0.15, 0.2) is 170 Å². The first-order valence-corrected chi connectivity index (χ1v) is 17.5. The van der Waals surface area contributed by atoms with Gasteiger partial charge in [0.1, 0.15) is 17.1 Å². The molecular weight excluding hydrogens is 621 g/mol. The molecule has 51 heavy (non-hydrogen) atoms. The Labute approximate surface area is 295 Å². The van der Waals surface area contributed by atoms with E-state index in [0.717, 1.165) is 61.2 Å². The minimum atomic E-state index is -0.628. The highest BCUT2D eigenvalue weighted by Crippen LogP contribution is 2.59. The molecule has 0 fully saturated rings. The van der Waals surface area contributed by atoms with Crippen LogP contribution in [0.5, 0.6) is 11.5 Å². The molecule has 3 nitrogen and oxygen atoms in total. The normalized spacial score (nSPS) is 15.6. The van der Waals surface area contributed by atoms with Gasteiger partial charge in [0.2, 0.25) is 0 Å². The topological polar surface area (TPSA) is 27.1 Å². The highest BCUT2D eigenvalue weighted by Gasteiger charge is 2.48. The van der Waals surface area contributed by atoms with Crippen LogP contribution in [0.1, 0.15) is 33.4 Å². The van der Waals surface area contributed by atoms with Crippen LogP contribution in [-0.2, 0) is 5.41 Å². The molecule has 2 aliphatic rings. The van der Waals surface area contributed by atoms with E-state index in [9.17, 15) is 0 Å². The molecule has 0 N–H and O–H groups in total. The van der Waals surface area contributed by atoms with Crippen molar-refractivity contribution < 1.29 is 4.74 Å². The van der Waals surface area contributed by atoms with E-state index < -0.39 is 5.41 Å². The van der Waals surface area contributed by atoms with Gasteiger partial charge in [0.25, 0.3) is 0 Å². The lowest BCUT2D eigenvalue weighted by Crippen LogP contribution is -2.35. The molecule has 1 aliphatic heterocycles. The molecule has 0 saturated heterocycles. The van der Waals surface area contributed by atoms with Gasteiger partial charge in [0, 0.05) is 39.2 Å². The summed E-state index contributed by atoms with van der Waals surface area (Å²) in [5.74, 6) is 1.81. The van der Waals surface area contributed by atoms with E-state index in [1.807, 2.05) is 12.3 Å². The zero-order valence-electron chi connectivity index (χ0n) is 27.6. The monoisotopic (exact) mass is 650 g/mol. The number of para-hydroxylation sites is 2. The lowest BCUT2D eigenvalue weighted by Gasteiger charge is -2.43. The summed E-state index contributed by atoms with van der Waals surface area (Å²) in [6.45, 7) is 0. The van der Waals surface area contributed by atoms with Crippen molar-refractivity contribution in [2.75, 3.05) is 0 Å². The summed E-state index contributed by atoms with van der Waals surface area (Å²) < 4.78 is 9.17. The Morgan fingerprint density at radius 1 is 0.490 bits per heavy atom. The fraction of sp³-hybridized carbons (Fsp3) is 0.0208. The lowest BCUT2D eigenvalue weighted by atomic mass is 9.61. The van der Waals surface area contributed by atoms with Crippen LogP contribution in [0, 0.1) is 0 Å². The van der Waals surface area contributed by atoms with Crippen LogP contribution in [0.3, 0.4) is 0 Å². The van der Waals surface area contributed by atoms with E-state index in [-0.39, 0.29) is 0 Å². The van der Waals surface area contributed by atoms with Crippen LogP contribution >= 0.6 is 0 Å². The Kier molecular flexibility index (Phi) is 5.88. The Morgan fingerprint density at radius 3 is 2.14 bits per heavy atom. The highest BCUT2D eigenvalue weighted by atomic mass is 16.5. The van der Waals surface area contributed by atoms with Gasteiger partial charge in [-0.15, -0.1) is 0 Å². The first-order chi connectivity index (χ1) is 25.3. The van der Waals surface area contributed by atoms with Crippen molar-refractivity contribution >= 4 is 44.9 Å². The molecule has 0 amide bonds. The summed E-state index contributed by atoms with van der Waals surface area (Å²) in [5, 5.41) is 4.60. The molecule has 1 spiro atoms. The molecular formula is C48H30N2O. The minimum Gasteiger partial charge on any atom is -0.456 e. The van der Waals surface area contributed by atoms with Crippen LogP contribution < -0.4 is 4.74 Å². The fourth-order valence-corrected chi connectivity index (χ4v) is 8.73. The van der Waals surface area contributed by atoms with Crippen molar-refractivity contribution in [2.24, 2.45) is 0 Å². The third-order valence-electron chi connectivity index (χ3n) is 10.9. The number of rotatable bonds is 2. The standard InChI is InChI=1S/C48H30N2O/c1-2-13-36(14-3-1)50-44-27-25-34(29-39(44)38-16-10-28-49-47(38)50)35-23-22-33-21-20-32-12-5-7-17-40(32)48(43(33)30-35)41-18-8-9-19-45(41)51-46-37-15-6-4-11-31(37)24-26-42(46)48/h1-30H. The number of pyridine rings is 1. The van der Waals surface area contributed by atoms with Crippen molar-refractivity contribution in [3.05, 3.63) is 203 Å². The van der Waals surface area contributed by atoms with Gasteiger partial charge >= 0.3 is 0 Å². The predicted molar refractivity (Wildman–Crippen MR) is 209 cm³/mol. The maximum absolute atomic E-state index is 6.90. The van der Waals surface area contributed by atoms with Crippen molar-refractivity contribution in [1.29, 1.82) is 0 Å². The molecule has 7 aromatic carbocycles. The Morgan fingerprint density at radius 2 is 1.22 bits per heavy atom. The van der Waals surface area contributed by atoms with Gasteiger partial charge in [-0.2, -0.15) is 0 Å². The second kappa shape index (κ2) is 10.6. The second-order valence-corrected chi connectivity index (χ2v) is 13.5. The van der Waals surface area contributed by atoms with Crippen LogP contribution in [0.2, 0.25) is 0 Å². The summed E-state index contributed by atoms with van der Waals surface area (Å²) in [5.41, 5.74) is 12.1. The van der Waals surface area contributed by atoms with Crippen molar-refractivity contribution in [3.63, 3.8) is 0 Å². The van der Waals surface area contributed by atoms with Gasteiger partial charge in [-0.25, -0.2) is 4.98 Å². The molecule has 0 bridgehead atoms. The van der Waals surface area contributed by atoms with Gasteiger partial charge in [-0.05, 0) is 87.3 Å². The first kappa shape index (κ1) is 28.2. The molecule has 1 aliphatic carbocycles. The SMILES string of the molecule is C1=Cc2ccc(-c3ccc4c(c3)c3cccnc3n4-c3ccccc3)cc2C2(c3ccccc31)c1ccccc1Oc1c2ccc2ccccc12. The maximum Gasteiger partial charge on any atom is 0.145 e. The van der Waals surface area contributed by atoms with E-state index in [2.05, 4.69) is 174 Å². The molecule has 3 heteroatoms. The number of fused-ring (bicyclic) bond motifs is 13. The summed E-state index contributed by atoms with van der Waals surface area (Å²) >= 11 is 0. The Balaban J connectivity index is 1.21. The number of ether oxygens (including phenoxy) is 1. The minimum absolute atomic E-state index is 0.628. The number of hydrogen-bond acceptors (Lipinski definition) is 2. The number of aromatic nitrogens is 2. The van der Waals surface area contributed by atoms with E-state index in [1.54, 1.807) is 0 Å². The molecule has 238 valence electrons. The average molecular weight is 651 g/mol. The third-order valence-corrected chi connectivity index (χ3v) is 10.9. The van der Waals surface area contributed by atoms with Gasteiger partial charge in [0.05, 0.1) is 10.9 Å². The van der Waals surface area contributed by atoms with Gasteiger partial charge in [-0.3, -0.25) is 4.57 Å². The zero-order chi connectivity index (χ0) is 33.5. The van der Waals surface area contributed by atoms with E-state index in [4.69, 9.17) is 9.72 Å². The molecule has 11 rings (SSSR count). The zero-order valence-corrected chi connectivity index (χ0v) is 27.6. The molecule has 9 aromatic rings. The summed E-state index contributed by atoms with van der Waals surface area (Å²) in [4.78, 5) is 4.85. The van der Waals surface area contributed by atoms with Crippen molar-refractivity contribution in [2.45, 2.75) is 5.41 Å². The van der Waals surface area contributed by atoms with Gasteiger partial charge in [0.15, 0.2) is 0 Å². The smallest absolute Gasteiger partial charge is 0.145 e. The van der Waals surface area contributed by atoms with Crippen molar-refractivity contribution in [3.8, 4) is 28.3 Å². The van der Waals surface area contributed by atoms with Crippen LogP contribution in [-0.4, -0.2) is 9.55 Å². The van der Waals surface area contributed by atoms with Gasteiger partial charge in [-0.1, -0.05) is 127 Å². The largest absolute Gasteiger partial charge is 0.456 e. The molecule has 1 atom stereocenters. The third kappa shape index (κ3) is 3.92.